The molecule has 0 unspecified atom stereocenters. The highest BCUT2D eigenvalue weighted by molar-refractivity contribution is 6.10. The summed E-state index contributed by atoms with van der Waals surface area (Å²) in [6.07, 6.45) is 34.4. The molecule has 0 amide bonds. The second-order valence-electron chi connectivity index (χ2n) is 24.6. The van der Waals surface area contributed by atoms with Crippen LogP contribution in [0.3, 0.4) is 0 Å². The summed E-state index contributed by atoms with van der Waals surface area (Å²) in [5.74, 6) is -0.527. The Bertz CT molecular complexity index is 3000. The molecule has 0 radical (unpaired) electrons. The Morgan fingerprint density at radius 3 is 0.988 bits per heavy atom. The van der Waals surface area contributed by atoms with Gasteiger partial charge >= 0.3 is 11.9 Å². The van der Waals surface area contributed by atoms with Crippen LogP contribution in [0.2, 0.25) is 0 Å². The van der Waals surface area contributed by atoms with Crippen molar-refractivity contribution in [3.8, 4) is 44.5 Å². The molecule has 0 saturated carbocycles. The van der Waals surface area contributed by atoms with E-state index in [2.05, 4.69) is 137 Å². The Balaban J connectivity index is 1.29. The average molecular weight is 1100 g/mol. The molecular formula is C78H98O4. The summed E-state index contributed by atoms with van der Waals surface area (Å²) >= 11 is 0. The largest absolute Gasteiger partial charge is 0.462 e. The molecule has 82 heavy (non-hydrogen) atoms. The number of unbranched alkanes of at least 4 members (excludes halogenated alkanes) is 20. The molecule has 4 nitrogen and oxygen atoms in total. The average Bonchev–Trinajstić information content (AvgIpc) is 1.82. The van der Waals surface area contributed by atoms with E-state index in [1.807, 2.05) is 26.0 Å². The first-order valence-electron chi connectivity index (χ1n) is 33.2. The molecule has 0 fully saturated rings. The Morgan fingerprint density at radius 1 is 0.329 bits per heavy atom. The summed E-state index contributed by atoms with van der Waals surface area (Å²) in [5.41, 5.74) is 16.5. The summed E-state index contributed by atoms with van der Waals surface area (Å²) in [4.78, 5) is 28.1. The predicted molar refractivity (Wildman–Crippen MR) is 349 cm³/mol. The second kappa shape index (κ2) is 29.5. The van der Waals surface area contributed by atoms with Crippen LogP contribution in [0.5, 0.6) is 0 Å². The van der Waals surface area contributed by atoms with Gasteiger partial charge in [-0.3, -0.25) is 0 Å². The maximum atomic E-state index is 14.1. The van der Waals surface area contributed by atoms with Gasteiger partial charge in [-0.25, -0.2) is 9.59 Å². The molecule has 2 aliphatic carbocycles. The van der Waals surface area contributed by atoms with E-state index in [-0.39, 0.29) is 22.8 Å². The fourth-order valence-electron chi connectivity index (χ4n) is 14.9. The minimum Gasteiger partial charge on any atom is -0.462 e. The molecule has 7 aromatic rings. The van der Waals surface area contributed by atoms with Gasteiger partial charge in [0.25, 0.3) is 0 Å². The zero-order valence-electron chi connectivity index (χ0n) is 51.4. The van der Waals surface area contributed by atoms with E-state index in [9.17, 15) is 9.59 Å². The molecule has 0 bridgehead atoms. The lowest BCUT2D eigenvalue weighted by atomic mass is 9.68. The van der Waals surface area contributed by atoms with Crippen molar-refractivity contribution in [2.24, 2.45) is 0 Å². The fraction of sp³-hybridized carbons (Fsp3) is 0.487. The maximum Gasteiger partial charge on any atom is 0.338 e. The number of carbonyl (C=O) groups excluding carboxylic acids is 2. The number of rotatable bonds is 34. The van der Waals surface area contributed by atoms with Crippen molar-refractivity contribution in [2.45, 2.75) is 232 Å². The van der Waals surface area contributed by atoms with Crippen LogP contribution in [0, 0.1) is 0 Å². The fourth-order valence-corrected chi connectivity index (χ4v) is 14.9. The number of benzene rings is 7. The van der Waals surface area contributed by atoms with Gasteiger partial charge in [0, 0.05) is 22.0 Å². The number of esters is 2. The van der Waals surface area contributed by atoms with Gasteiger partial charge in [-0.1, -0.05) is 267 Å². The van der Waals surface area contributed by atoms with Crippen molar-refractivity contribution in [3.05, 3.63) is 155 Å². The molecule has 7 aromatic carbocycles. The molecular weight excluding hydrogens is 1000 g/mol. The van der Waals surface area contributed by atoms with Gasteiger partial charge in [0.1, 0.15) is 0 Å². The molecule has 0 aliphatic heterocycles. The van der Waals surface area contributed by atoms with E-state index in [1.54, 1.807) is 0 Å². The zero-order chi connectivity index (χ0) is 57.3. The van der Waals surface area contributed by atoms with Crippen LogP contribution in [0.25, 0.3) is 66.1 Å². The van der Waals surface area contributed by atoms with Crippen LogP contribution in [0.4, 0.5) is 0 Å². The SMILES string of the molecule is CCCCCCCCC1(CCCCCCCC)c2cc(-c3c(C(=O)OCC)ccc4ccccc34)ccc2-c2cc3c(cc21)-c1ccc(-c2c(C(=O)OCC)ccc4ccccc24)cc1C3(CCCCCCCC)CCCCCCCC. The van der Waals surface area contributed by atoms with Gasteiger partial charge in [-0.05, 0) is 153 Å². The van der Waals surface area contributed by atoms with Gasteiger partial charge in [-0.15, -0.1) is 0 Å². The molecule has 0 atom stereocenters. The van der Waals surface area contributed by atoms with E-state index >= 15 is 0 Å². The molecule has 0 saturated heterocycles. The van der Waals surface area contributed by atoms with Crippen LogP contribution >= 0.6 is 0 Å². The van der Waals surface area contributed by atoms with Gasteiger partial charge in [0.2, 0.25) is 0 Å². The molecule has 0 aromatic heterocycles. The predicted octanol–water partition coefficient (Wildman–Crippen LogP) is 23.2. The van der Waals surface area contributed by atoms with E-state index < -0.39 is 0 Å². The highest BCUT2D eigenvalue weighted by Crippen LogP contribution is 2.62. The summed E-state index contributed by atoms with van der Waals surface area (Å²) in [6, 6.07) is 45.4. The van der Waals surface area contributed by atoms with Crippen LogP contribution in [0.1, 0.15) is 264 Å². The van der Waals surface area contributed by atoms with Crippen molar-refractivity contribution >= 4 is 33.5 Å². The third kappa shape index (κ3) is 13.0. The first-order valence-corrected chi connectivity index (χ1v) is 33.2. The Labute approximate surface area is 494 Å². The Morgan fingerprint density at radius 2 is 0.646 bits per heavy atom. The van der Waals surface area contributed by atoms with E-state index in [1.165, 1.54) is 199 Å². The number of hydrogen-bond acceptors (Lipinski definition) is 4. The van der Waals surface area contributed by atoms with Crippen molar-refractivity contribution in [2.75, 3.05) is 13.2 Å². The van der Waals surface area contributed by atoms with Crippen LogP contribution in [-0.4, -0.2) is 25.2 Å². The van der Waals surface area contributed by atoms with Crippen molar-refractivity contribution in [3.63, 3.8) is 0 Å². The number of hydrogen-bond donors (Lipinski definition) is 0. The van der Waals surface area contributed by atoms with Crippen LogP contribution < -0.4 is 0 Å². The summed E-state index contributed by atoms with van der Waals surface area (Å²) in [6.45, 7) is 13.7. The molecule has 9 rings (SSSR count). The van der Waals surface area contributed by atoms with Crippen molar-refractivity contribution < 1.29 is 19.1 Å². The normalized spacial score (nSPS) is 13.5. The minimum atomic E-state index is -0.264. The van der Waals surface area contributed by atoms with Crippen molar-refractivity contribution in [1.82, 2.24) is 0 Å². The first kappa shape index (κ1) is 60.6. The van der Waals surface area contributed by atoms with Crippen LogP contribution in [-0.2, 0) is 20.3 Å². The molecule has 2 aliphatic rings. The monoisotopic (exact) mass is 1100 g/mol. The summed E-state index contributed by atoms with van der Waals surface area (Å²) < 4.78 is 11.7. The Hall–Kier alpha value is -6.00. The highest BCUT2D eigenvalue weighted by Gasteiger charge is 2.48. The third-order valence-corrected chi connectivity index (χ3v) is 19.1. The lowest BCUT2D eigenvalue weighted by Gasteiger charge is -2.35. The number of ether oxygens (including phenoxy) is 2. The molecule has 0 heterocycles. The number of fused-ring (bicyclic) bond motifs is 8. The summed E-state index contributed by atoms with van der Waals surface area (Å²) in [7, 11) is 0. The molecule has 0 spiro atoms. The minimum absolute atomic E-state index is 0.207. The van der Waals surface area contributed by atoms with Gasteiger partial charge < -0.3 is 9.47 Å². The number of carbonyl (C=O) groups is 2. The molecule has 4 heteroatoms. The van der Waals surface area contributed by atoms with Gasteiger partial charge in [0.05, 0.1) is 24.3 Å². The topological polar surface area (TPSA) is 52.6 Å². The first-order chi connectivity index (χ1) is 40.3. The third-order valence-electron chi connectivity index (χ3n) is 19.1. The lowest BCUT2D eigenvalue weighted by molar-refractivity contribution is 0.0518. The van der Waals surface area contributed by atoms with Gasteiger partial charge in [-0.2, -0.15) is 0 Å². The standard InChI is InChI=1S/C78H98O4/c1-7-13-17-21-25-33-49-77(50-34-26-22-18-14-8-2)69-53-59(73-61-39-31-29-37-57(61)41-47-65(73)75(79)81-11-5)43-45-63(69)67-56-72-68(55-71(67)77)64-46-44-60(74-62-40-32-30-38-58(62)42-48-66(74)76(80)82-12-6)54-70(64)78(72,51-35-27-23-19-15-9-3)52-36-28-24-20-16-10-4/h29-32,37-48,53-56H,7-28,33-36,49-52H2,1-6H3. The van der Waals surface area contributed by atoms with E-state index in [0.29, 0.717) is 24.3 Å². The maximum absolute atomic E-state index is 14.1. The van der Waals surface area contributed by atoms with Gasteiger partial charge in [0.15, 0.2) is 0 Å². The molecule has 0 N–H and O–H groups in total. The molecule has 434 valence electrons. The smallest absolute Gasteiger partial charge is 0.338 e. The summed E-state index contributed by atoms with van der Waals surface area (Å²) in [5, 5.41) is 4.43. The van der Waals surface area contributed by atoms with E-state index in [4.69, 9.17) is 9.47 Å². The zero-order valence-corrected chi connectivity index (χ0v) is 51.4. The quantitative estimate of drug-likeness (QED) is 0.0298. The Kier molecular flexibility index (Phi) is 21.8. The highest BCUT2D eigenvalue weighted by atomic mass is 16.5. The lowest BCUT2D eigenvalue weighted by Crippen LogP contribution is -2.27. The van der Waals surface area contributed by atoms with Crippen LogP contribution in [0.15, 0.2) is 121 Å². The van der Waals surface area contributed by atoms with Crippen molar-refractivity contribution in [1.29, 1.82) is 0 Å². The van der Waals surface area contributed by atoms with E-state index in [0.717, 1.165) is 69.5 Å². The second-order valence-corrected chi connectivity index (χ2v) is 24.6.